The van der Waals surface area contributed by atoms with E-state index in [4.69, 9.17) is 0 Å². The molecule has 0 aliphatic carbocycles. The SMILES string of the molecule is Cc1cccc(Nc2nc(N3CCC(O)(CO)CC3)nc3c(Br)c[nH]c(=O)c23)c1. The summed E-state index contributed by atoms with van der Waals surface area (Å²) < 4.78 is 0.659. The molecule has 1 aliphatic heterocycles. The van der Waals surface area contributed by atoms with Crippen molar-refractivity contribution in [1.82, 2.24) is 15.0 Å². The molecule has 0 spiro atoms. The van der Waals surface area contributed by atoms with E-state index in [9.17, 15) is 15.0 Å². The van der Waals surface area contributed by atoms with Gasteiger partial charge >= 0.3 is 0 Å². The fraction of sp³-hybridized carbons (Fsp3) is 0.350. The van der Waals surface area contributed by atoms with Gasteiger partial charge in [-0.2, -0.15) is 4.98 Å². The van der Waals surface area contributed by atoms with Gasteiger partial charge in [-0.15, -0.1) is 0 Å². The Kier molecular flexibility index (Phi) is 5.28. The molecule has 4 N–H and O–H groups in total. The standard InChI is InChI=1S/C20H22BrN5O3/c1-12-3-2-4-13(9-12)23-17-15-16(14(21)10-22-18(15)28)24-19(25-17)26-7-5-20(29,11-27)6-8-26/h2-4,9-10,27,29H,5-8,11H2,1H3,(H,22,28)(H,23,24,25). The number of benzene rings is 1. The zero-order chi connectivity index (χ0) is 20.6. The van der Waals surface area contributed by atoms with Gasteiger partial charge < -0.3 is 25.4 Å². The predicted molar refractivity (Wildman–Crippen MR) is 116 cm³/mol. The van der Waals surface area contributed by atoms with Crippen LogP contribution in [0.4, 0.5) is 17.5 Å². The van der Waals surface area contributed by atoms with Gasteiger partial charge in [0.25, 0.3) is 5.56 Å². The van der Waals surface area contributed by atoms with E-state index in [0.717, 1.165) is 11.3 Å². The molecule has 1 saturated heterocycles. The van der Waals surface area contributed by atoms with Crippen LogP contribution < -0.4 is 15.8 Å². The Bertz CT molecular complexity index is 1110. The van der Waals surface area contributed by atoms with E-state index >= 15 is 0 Å². The molecular formula is C20H22BrN5O3. The number of aryl methyl sites for hydroxylation is 1. The number of hydrogen-bond acceptors (Lipinski definition) is 7. The number of fused-ring (bicyclic) bond motifs is 1. The fourth-order valence-corrected chi connectivity index (χ4v) is 3.88. The van der Waals surface area contributed by atoms with Crippen molar-refractivity contribution in [3.8, 4) is 0 Å². The van der Waals surface area contributed by atoms with Crippen LogP contribution in [0.1, 0.15) is 18.4 Å². The highest BCUT2D eigenvalue weighted by atomic mass is 79.9. The van der Waals surface area contributed by atoms with Gasteiger partial charge in [-0.1, -0.05) is 12.1 Å². The lowest BCUT2D eigenvalue weighted by atomic mass is 9.93. The van der Waals surface area contributed by atoms with E-state index < -0.39 is 5.60 Å². The van der Waals surface area contributed by atoms with Crippen molar-refractivity contribution < 1.29 is 10.2 Å². The number of rotatable bonds is 4. The first kappa shape index (κ1) is 19.8. The molecule has 152 valence electrons. The highest BCUT2D eigenvalue weighted by molar-refractivity contribution is 9.10. The van der Waals surface area contributed by atoms with Gasteiger partial charge in [-0.05, 0) is 53.4 Å². The lowest BCUT2D eigenvalue weighted by Gasteiger charge is -2.37. The highest BCUT2D eigenvalue weighted by Crippen LogP contribution is 2.30. The van der Waals surface area contributed by atoms with Crippen LogP contribution in [0.2, 0.25) is 0 Å². The molecule has 1 aromatic carbocycles. The summed E-state index contributed by atoms with van der Waals surface area (Å²) in [5.41, 5.74) is 1.08. The summed E-state index contributed by atoms with van der Waals surface area (Å²) >= 11 is 3.47. The van der Waals surface area contributed by atoms with Crippen LogP contribution in [0.3, 0.4) is 0 Å². The number of pyridine rings is 1. The molecule has 2 aromatic heterocycles. The van der Waals surface area contributed by atoms with Gasteiger partial charge in [0, 0.05) is 25.0 Å². The molecule has 9 heteroatoms. The number of piperidine rings is 1. The van der Waals surface area contributed by atoms with Gasteiger partial charge in [0.1, 0.15) is 11.2 Å². The number of anilines is 3. The van der Waals surface area contributed by atoms with E-state index in [-0.39, 0.29) is 12.2 Å². The molecular weight excluding hydrogens is 438 g/mol. The summed E-state index contributed by atoms with van der Waals surface area (Å²) in [6, 6.07) is 7.81. The average Bonchev–Trinajstić information content (AvgIpc) is 2.71. The van der Waals surface area contributed by atoms with Crippen molar-refractivity contribution in [1.29, 1.82) is 0 Å². The lowest BCUT2D eigenvalue weighted by Crippen LogP contribution is -2.47. The summed E-state index contributed by atoms with van der Waals surface area (Å²) in [6.07, 6.45) is 2.41. The summed E-state index contributed by atoms with van der Waals surface area (Å²) in [5.74, 6) is 0.889. The van der Waals surface area contributed by atoms with Crippen LogP contribution in [0, 0.1) is 6.92 Å². The van der Waals surface area contributed by atoms with Crippen molar-refractivity contribution >= 4 is 44.3 Å². The molecule has 29 heavy (non-hydrogen) atoms. The summed E-state index contributed by atoms with van der Waals surface area (Å²) in [4.78, 5) is 26.5. The number of aliphatic hydroxyl groups is 2. The van der Waals surface area contributed by atoms with Gasteiger partial charge in [-0.25, -0.2) is 4.98 Å². The number of H-pyrrole nitrogens is 1. The number of hydrogen-bond donors (Lipinski definition) is 4. The Morgan fingerprint density at radius 1 is 1.31 bits per heavy atom. The monoisotopic (exact) mass is 459 g/mol. The Labute approximate surface area is 175 Å². The quantitative estimate of drug-likeness (QED) is 0.473. The van der Waals surface area contributed by atoms with E-state index in [1.54, 1.807) is 6.20 Å². The Balaban J connectivity index is 1.79. The first-order chi connectivity index (χ1) is 13.9. The Morgan fingerprint density at radius 2 is 2.07 bits per heavy atom. The second-order valence-electron chi connectivity index (χ2n) is 7.43. The number of aromatic amines is 1. The molecule has 0 unspecified atom stereocenters. The maximum Gasteiger partial charge on any atom is 0.261 e. The highest BCUT2D eigenvalue weighted by Gasteiger charge is 2.32. The molecule has 0 amide bonds. The van der Waals surface area contributed by atoms with Crippen LogP contribution in [0.25, 0.3) is 10.9 Å². The number of nitrogens with one attached hydrogen (secondary N) is 2. The maximum absolute atomic E-state index is 12.5. The molecule has 0 atom stereocenters. The summed E-state index contributed by atoms with van der Waals surface area (Å²) in [6.45, 7) is 2.75. The Hall–Kier alpha value is -2.49. The van der Waals surface area contributed by atoms with Gasteiger partial charge in [0.15, 0.2) is 0 Å². The zero-order valence-electron chi connectivity index (χ0n) is 15.9. The maximum atomic E-state index is 12.5. The molecule has 1 aliphatic rings. The summed E-state index contributed by atoms with van der Waals surface area (Å²) in [7, 11) is 0. The third kappa shape index (κ3) is 3.98. The van der Waals surface area contributed by atoms with E-state index in [1.165, 1.54) is 0 Å². The molecule has 0 saturated carbocycles. The minimum Gasteiger partial charge on any atom is -0.393 e. The first-order valence-corrected chi connectivity index (χ1v) is 10.2. The minimum atomic E-state index is -1.06. The largest absolute Gasteiger partial charge is 0.393 e. The predicted octanol–water partition coefficient (Wildman–Crippen LogP) is 2.46. The number of halogens is 1. The van der Waals surface area contributed by atoms with Crippen LogP contribution in [-0.4, -0.2) is 50.5 Å². The molecule has 3 aromatic rings. The third-order valence-corrected chi connectivity index (χ3v) is 5.84. The van der Waals surface area contributed by atoms with Crippen LogP contribution in [-0.2, 0) is 0 Å². The molecule has 3 heterocycles. The van der Waals surface area contributed by atoms with Crippen molar-refractivity contribution in [2.24, 2.45) is 0 Å². The van der Waals surface area contributed by atoms with Gasteiger partial charge in [-0.3, -0.25) is 4.79 Å². The normalized spacial score (nSPS) is 16.2. The van der Waals surface area contributed by atoms with Crippen molar-refractivity contribution in [3.63, 3.8) is 0 Å². The van der Waals surface area contributed by atoms with Crippen LogP contribution in [0.5, 0.6) is 0 Å². The number of aliphatic hydroxyl groups excluding tert-OH is 1. The van der Waals surface area contributed by atoms with Crippen LogP contribution >= 0.6 is 15.9 Å². The van der Waals surface area contributed by atoms with Gasteiger partial charge in [0.05, 0.1) is 22.2 Å². The second kappa shape index (κ2) is 7.74. The van der Waals surface area contributed by atoms with Crippen molar-refractivity contribution in [2.75, 3.05) is 29.9 Å². The van der Waals surface area contributed by atoms with E-state index in [1.807, 2.05) is 36.1 Å². The second-order valence-corrected chi connectivity index (χ2v) is 8.28. The van der Waals surface area contributed by atoms with Crippen LogP contribution in [0.15, 0.2) is 39.7 Å². The first-order valence-electron chi connectivity index (χ1n) is 9.39. The lowest BCUT2D eigenvalue weighted by molar-refractivity contribution is -0.0327. The van der Waals surface area contributed by atoms with Gasteiger partial charge in [0.2, 0.25) is 5.95 Å². The number of aromatic nitrogens is 3. The molecule has 4 rings (SSSR count). The molecule has 8 nitrogen and oxygen atoms in total. The van der Waals surface area contributed by atoms with E-state index in [0.29, 0.717) is 53.1 Å². The zero-order valence-corrected chi connectivity index (χ0v) is 17.5. The van der Waals surface area contributed by atoms with Crippen molar-refractivity contribution in [2.45, 2.75) is 25.4 Å². The topological polar surface area (TPSA) is 114 Å². The molecule has 1 fully saturated rings. The fourth-order valence-electron chi connectivity index (χ4n) is 3.48. The summed E-state index contributed by atoms with van der Waals surface area (Å²) in [5, 5.41) is 23.3. The molecule has 0 radical (unpaired) electrons. The average molecular weight is 460 g/mol. The van der Waals surface area contributed by atoms with E-state index in [2.05, 4.69) is 36.2 Å². The Morgan fingerprint density at radius 3 is 2.76 bits per heavy atom. The number of nitrogens with zero attached hydrogens (tertiary/aromatic N) is 3. The smallest absolute Gasteiger partial charge is 0.261 e. The minimum absolute atomic E-state index is 0.263. The molecule has 0 bridgehead atoms. The third-order valence-electron chi connectivity index (χ3n) is 5.23. The van der Waals surface area contributed by atoms with Crippen molar-refractivity contribution in [3.05, 3.63) is 50.9 Å².